The molecule has 0 spiro atoms. The second-order valence-electron chi connectivity index (χ2n) is 8.14. The zero-order chi connectivity index (χ0) is 13.7. The minimum Gasteiger partial charge on any atom is -0.0958 e. The van der Waals surface area contributed by atoms with Crippen molar-refractivity contribution in [3.63, 3.8) is 0 Å². The highest BCUT2D eigenvalue weighted by atomic mass is 14.6. The molecule has 0 N–H and O–H groups in total. The van der Waals surface area contributed by atoms with E-state index in [-0.39, 0.29) is 0 Å². The lowest BCUT2D eigenvalue weighted by atomic mass is 9.51. The van der Waals surface area contributed by atoms with Crippen molar-refractivity contribution in [3.8, 4) is 0 Å². The van der Waals surface area contributed by atoms with Crippen LogP contribution in [0.5, 0.6) is 0 Å². The highest BCUT2D eigenvalue weighted by molar-refractivity contribution is 5.29. The van der Waals surface area contributed by atoms with Crippen molar-refractivity contribution in [3.05, 3.63) is 23.8 Å². The molecule has 20 heavy (non-hydrogen) atoms. The Morgan fingerprint density at radius 3 is 2.85 bits per heavy atom. The quantitative estimate of drug-likeness (QED) is 0.557. The van der Waals surface area contributed by atoms with E-state index in [1.54, 1.807) is 24.8 Å². The predicted molar refractivity (Wildman–Crippen MR) is 85.5 cm³/mol. The SMILES string of the molecule is C=C1C=C2CC[C@@H]3[C@H](CCC4(CC)CCC[C@@H]34)[C@H]2CC1. The molecule has 3 saturated carbocycles. The van der Waals surface area contributed by atoms with Gasteiger partial charge in [-0.3, -0.25) is 0 Å². The first-order valence-electron chi connectivity index (χ1n) is 9.12. The van der Waals surface area contributed by atoms with Crippen molar-refractivity contribution in [2.75, 3.05) is 0 Å². The Labute approximate surface area is 124 Å². The summed E-state index contributed by atoms with van der Waals surface area (Å²) >= 11 is 0. The standard InChI is InChI=1S/C20H30/c1-3-20-11-4-5-19(20)18-9-7-15-13-14(2)6-8-16(15)17(18)10-12-20/h13,16-19H,2-12H2,1H3/t16-,17+,18+,19-,20?/m0/s1. The van der Waals surface area contributed by atoms with Crippen LogP contribution in [0.4, 0.5) is 0 Å². The van der Waals surface area contributed by atoms with E-state index >= 15 is 0 Å². The third-order valence-corrected chi connectivity index (χ3v) is 7.65. The van der Waals surface area contributed by atoms with Crippen LogP contribution in [-0.2, 0) is 0 Å². The zero-order valence-electron chi connectivity index (χ0n) is 13.2. The Bertz CT molecular complexity index is 443. The minimum absolute atomic E-state index is 0.765. The summed E-state index contributed by atoms with van der Waals surface area (Å²) < 4.78 is 0. The molecule has 0 bridgehead atoms. The summed E-state index contributed by atoms with van der Waals surface area (Å²) in [5.74, 6) is 4.12. The van der Waals surface area contributed by atoms with Crippen LogP contribution in [0.15, 0.2) is 23.8 Å². The maximum atomic E-state index is 4.21. The van der Waals surface area contributed by atoms with Gasteiger partial charge in [0.1, 0.15) is 0 Å². The number of rotatable bonds is 1. The van der Waals surface area contributed by atoms with Gasteiger partial charge in [0.2, 0.25) is 0 Å². The summed E-state index contributed by atoms with van der Waals surface area (Å²) in [6.45, 7) is 6.68. The molecule has 0 aromatic heterocycles. The lowest BCUT2D eigenvalue weighted by Crippen LogP contribution is -2.45. The van der Waals surface area contributed by atoms with E-state index in [0.717, 1.165) is 29.1 Å². The van der Waals surface area contributed by atoms with E-state index in [2.05, 4.69) is 19.6 Å². The monoisotopic (exact) mass is 270 g/mol. The Morgan fingerprint density at radius 1 is 1.10 bits per heavy atom. The van der Waals surface area contributed by atoms with Gasteiger partial charge in [-0.2, -0.15) is 0 Å². The molecule has 4 aliphatic carbocycles. The fourth-order valence-electron chi connectivity index (χ4n) is 6.69. The van der Waals surface area contributed by atoms with Gasteiger partial charge in [0.15, 0.2) is 0 Å². The normalized spacial score (nSPS) is 47.2. The third-order valence-electron chi connectivity index (χ3n) is 7.65. The highest BCUT2D eigenvalue weighted by Gasteiger charge is 2.53. The summed E-state index contributed by atoms with van der Waals surface area (Å²) in [4.78, 5) is 0. The molecule has 110 valence electrons. The van der Waals surface area contributed by atoms with E-state index in [9.17, 15) is 0 Å². The van der Waals surface area contributed by atoms with Gasteiger partial charge in [0.05, 0.1) is 0 Å². The van der Waals surface area contributed by atoms with E-state index in [1.165, 1.54) is 50.5 Å². The van der Waals surface area contributed by atoms with Crippen molar-refractivity contribution < 1.29 is 0 Å². The van der Waals surface area contributed by atoms with E-state index < -0.39 is 0 Å². The first kappa shape index (κ1) is 13.2. The summed E-state index contributed by atoms with van der Waals surface area (Å²) in [6.07, 6.45) is 17.2. The Kier molecular flexibility index (Phi) is 3.13. The summed E-state index contributed by atoms with van der Waals surface area (Å²) in [7, 11) is 0. The average Bonchev–Trinajstić information content (AvgIpc) is 2.91. The fourth-order valence-corrected chi connectivity index (χ4v) is 6.69. The van der Waals surface area contributed by atoms with Crippen LogP contribution in [0, 0.1) is 29.1 Å². The van der Waals surface area contributed by atoms with E-state index in [0.29, 0.717) is 0 Å². The molecule has 3 fully saturated rings. The molecule has 0 aromatic rings. The molecular weight excluding hydrogens is 240 g/mol. The second kappa shape index (κ2) is 4.75. The molecule has 0 heterocycles. The number of hydrogen-bond acceptors (Lipinski definition) is 0. The van der Waals surface area contributed by atoms with Crippen molar-refractivity contribution in [1.82, 2.24) is 0 Å². The van der Waals surface area contributed by atoms with Gasteiger partial charge in [0.25, 0.3) is 0 Å². The lowest BCUT2D eigenvalue weighted by molar-refractivity contribution is -0.0130. The van der Waals surface area contributed by atoms with Crippen LogP contribution in [0.3, 0.4) is 0 Å². The van der Waals surface area contributed by atoms with Gasteiger partial charge >= 0.3 is 0 Å². The summed E-state index contributed by atoms with van der Waals surface area (Å²) in [5, 5.41) is 0. The Hall–Kier alpha value is -0.520. The van der Waals surface area contributed by atoms with Crippen LogP contribution in [0.2, 0.25) is 0 Å². The van der Waals surface area contributed by atoms with Gasteiger partial charge < -0.3 is 0 Å². The lowest BCUT2D eigenvalue weighted by Gasteiger charge is -2.54. The van der Waals surface area contributed by atoms with Gasteiger partial charge in [-0.25, -0.2) is 0 Å². The van der Waals surface area contributed by atoms with Crippen LogP contribution in [-0.4, -0.2) is 0 Å². The van der Waals surface area contributed by atoms with Crippen LogP contribution < -0.4 is 0 Å². The molecule has 0 saturated heterocycles. The van der Waals surface area contributed by atoms with Crippen LogP contribution in [0.1, 0.15) is 71.1 Å². The van der Waals surface area contributed by atoms with Gasteiger partial charge in [-0.1, -0.05) is 43.6 Å². The molecule has 0 nitrogen and oxygen atoms in total. The molecule has 4 aliphatic rings. The number of allylic oxidation sites excluding steroid dienone is 3. The van der Waals surface area contributed by atoms with Gasteiger partial charge in [0, 0.05) is 0 Å². The summed E-state index contributed by atoms with van der Waals surface area (Å²) in [6, 6.07) is 0. The molecule has 5 atom stereocenters. The van der Waals surface area contributed by atoms with Crippen LogP contribution in [0.25, 0.3) is 0 Å². The Morgan fingerprint density at radius 2 is 2.00 bits per heavy atom. The van der Waals surface area contributed by atoms with Gasteiger partial charge in [-0.15, -0.1) is 0 Å². The van der Waals surface area contributed by atoms with Crippen molar-refractivity contribution in [1.29, 1.82) is 0 Å². The van der Waals surface area contributed by atoms with Crippen LogP contribution >= 0.6 is 0 Å². The average molecular weight is 270 g/mol. The molecular formula is C20H30. The number of hydrogen-bond donors (Lipinski definition) is 0. The molecule has 0 heteroatoms. The summed E-state index contributed by atoms with van der Waals surface area (Å²) in [5.41, 5.74) is 3.94. The maximum Gasteiger partial charge on any atom is -0.0166 e. The van der Waals surface area contributed by atoms with Gasteiger partial charge in [-0.05, 0) is 80.5 Å². The smallest absolute Gasteiger partial charge is 0.0166 e. The topological polar surface area (TPSA) is 0 Å². The first-order valence-corrected chi connectivity index (χ1v) is 9.12. The fraction of sp³-hybridized carbons (Fsp3) is 0.800. The third kappa shape index (κ3) is 1.79. The predicted octanol–water partition coefficient (Wildman–Crippen LogP) is 5.90. The maximum absolute atomic E-state index is 4.21. The number of fused-ring (bicyclic) bond motifs is 5. The second-order valence-corrected chi connectivity index (χ2v) is 8.14. The molecule has 0 radical (unpaired) electrons. The molecule has 4 rings (SSSR count). The first-order chi connectivity index (χ1) is 9.73. The molecule has 0 aromatic carbocycles. The Balaban J connectivity index is 1.63. The van der Waals surface area contributed by atoms with E-state index in [1.807, 2.05) is 0 Å². The highest BCUT2D eigenvalue weighted by Crippen LogP contribution is 2.63. The minimum atomic E-state index is 0.765. The zero-order valence-corrected chi connectivity index (χ0v) is 13.2. The van der Waals surface area contributed by atoms with Crippen molar-refractivity contribution >= 4 is 0 Å². The molecule has 0 amide bonds. The molecule has 1 unspecified atom stereocenters. The van der Waals surface area contributed by atoms with Crippen molar-refractivity contribution in [2.24, 2.45) is 29.1 Å². The largest absolute Gasteiger partial charge is 0.0958 e. The van der Waals surface area contributed by atoms with E-state index in [4.69, 9.17) is 0 Å². The van der Waals surface area contributed by atoms with Crippen molar-refractivity contribution in [2.45, 2.75) is 71.1 Å². The molecule has 0 aliphatic heterocycles.